The van der Waals surface area contributed by atoms with E-state index in [0.29, 0.717) is 17.6 Å². The monoisotopic (exact) mass is 229 g/mol. The molecule has 1 heterocycles. The van der Waals surface area contributed by atoms with Crippen LogP contribution in [0.15, 0.2) is 40.8 Å². The average molecular weight is 229 g/mol. The first-order chi connectivity index (χ1) is 8.24. The van der Waals surface area contributed by atoms with Crippen molar-refractivity contribution in [2.75, 3.05) is 7.05 Å². The van der Waals surface area contributed by atoms with Gasteiger partial charge in [-0.25, -0.2) is 0 Å². The molecular weight excluding hydrogens is 218 g/mol. The van der Waals surface area contributed by atoms with Gasteiger partial charge in [0.1, 0.15) is 5.76 Å². The van der Waals surface area contributed by atoms with Crippen molar-refractivity contribution >= 4 is 12.2 Å². The van der Waals surface area contributed by atoms with Crippen molar-refractivity contribution in [3.8, 4) is 11.3 Å². The first-order valence-electron chi connectivity index (χ1n) is 5.12. The van der Waals surface area contributed by atoms with Crippen LogP contribution in [0.1, 0.15) is 20.9 Å². The maximum atomic E-state index is 11.3. The smallest absolute Gasteiger partial charge is 0.251 e. The molecule has 0 saturated carbocycles. The van der Waals surface area contributed by atoms with E-state index in [-0.39, 0.29) is 11.7 Å². The highest BCUT2D eigenvalue weighted by atomic mass is 16.3. The molecule has 17 heavy (non-hydrogen) atoms. The molecule has 4 nitrogen and oxygen atoms in total. The summed E-state index contributed by atoms with van der Waals surface area (Å²) in [6, 6.07) is 10.3. The number of amides is 1. The lowest BCUT2D eigenvalue weighted by atomic mass is 10.1. The fraction of sp³-hybridized carbons (Fsp3) is 0.0769. The number of hydrogen-bond acceptors (Lipinski definition) is 3. The third kappa shape index (κ3) is 2.25. The molecule has 0 bridgehead atoms. The van der Waals surface area contributed by atoms with E-state index in [1.165, 1.54) is 0 Å². The van der Waals surface area contributed by atoms with Gasteiger partial charge in [-0.1, -0.05) is 12.1 Å². The van der Waals surface area contributed by atoms with Crippen molar-refractivity contribution in [2.24, 2.45) is 0 Å². The van der Waals surface area contributed by atoms with Crippen LogP contribution in [0.3, 0.4) is 0 Å². The Morgan fingerprint density at radius 2 is 1.88 bits per heavy atom. The van der Waals surface area contributed by atoms with Crippen LogP contribution in [0.4, 0.5) is 0 Å². The molecule has 4 heteroatoms. The molecule has 0 unspecified atom stereocenters. The van der Waals surface area contributed by atoms with E-state index < -0.39 is 0 Å². The summed E-state index contributed by atoms with van der Waals surface area (Å²) in [4.78, 5) is 21.8. The molecule has 2 rings (SSSR count). The summed E-state index contributed by atoms with van der Waals surface area (Å²) in [5.41, 5.74) is 1.41. The van der Waals surface area contributed by atoms with Crippen LogP contribution >= 0.6 is 0 Å². The molecule has 0 spiro atoms. The number of aldehydes is 1. The van der Waals surface area contributed by atoms with Crippen molar-refractivity contribution < 1.29 is 14.0 Å². The van der Waals surface area contributed by atoms with Gasteiger partial charge in [-0.3, -0.25) is 9.59 Å². The van der Waals surface area contributed by atoms with Gasteiger partial charge in [-0.05, 0) is 24.3 Å². The van der Waals surface area contributed by atoms with Crippen LogP contribution in [-0.4, -0.2) is 19.2 Å². The summed E-state index contributed by atoms with van der Waals surface area (Å²) in [7, 11) is 1.58. The zero-order valence-corrected chi connectivity index (χ0v) is 9.27. The predicted molar refractivity (Wildman–Crippen MR) is 62.9 cm³/mol. The van der Waals surface area contributed by atoms with Crippen molar-refractivity contribution in [1.82, 2.24) is 5.32 Å². The van der Waals surface area contributed by atoms with Crippen molar-refractivity contribution in [3.63, 3.8) is 0 Å². The minimum atomic E-state index is -0.135. The number of benzene rings is 1. The van der Waals surface area contributed by atoms with Gasteiger partial charge in [-0.2, -0.15) is 0 Å². The Hall–Kier alpha value is -2.36. The first kappa shape index (κ1) is 11.1. The molecule has 0 aliphatic carbocycles. The Morgan fingerprint density at radius 3 is 2.41 bits per heavy atom. The third-order valence-electron chi connectivity index (χ3n) is 2.40. The fourth-order valence-corrected chi connectivity index (χ4v) is 1.50. The molecule has 0 fully saturated rings. The van der Waals surface area contributed by atoms with E-state index in [4.69, 9.17) is 4.42 Å². The second kappa shape index (κ2) is 4.65. The highest BCUT2D eigenvalue weighted by molar-refractivity contribution is 5.94. The van der Waals surface area contributed by atoms with E-state index in [1.807, 2.05) is 0 Å². The van der Waals surface area contributed by atoms with Gasteiger partial charge in [-0.15, -0.1) is 0 Å². The normalized spacial score (nSPS) is 9.94. The predicted octanol–water partition coefficient (Wildman–Crippen LogP) is 2.12. The summed E-state index contributed by atoms with van der Waals surface area (Å²) < 4.78 is 5.28. The quantitative estimate of drug-likeness (QED) is 0.820. The van der Waals surface area contributed by atoms with Crippen LogP contribution in [0.5, 0.6) is 0 Å². The minimum absolute atomic E-state index is 0.135. The lowest BCUT2D eigenvalue weighted by Crippen LogP contribution is -2.17. The molecule has 1 aromatic carbocycles. The summed E-state index contributed by atoms with van der Waals surface area (Å²) in [6.07, 6.45) is 0.655. The third-order valence-corrected chi connectivity index (χ3v) is 2.40. The van der Waals surface area contributed by atoms with Gasteiger partial charge < -0.3 is 9.73 Å². The zero-order chi connectivity index (χ0) is 12.3. The van der Waals surface area contributed by atoms with Crippen molar-refractivity contribution in [2.45, 2.75) is 0 Å². The Labute approximate surface area is 98.3 Å². The van der Waals surface area contributed by atoms with Gasteiger partial charge in [0, 0.05) is 18.2 Å². The largest absolute Gasteiger partial charge is 0.453 e. The minimum Gasteiger partial charge on any atom is -0.453 e. The number of carbonyl (C=O) groups is 2. The molecule has 0 radical (unpaired) electrons. The fourth-order valence-electron chi connectivity index (χ4n) is 1.50. The van der Waals surface area contributed by atoms with Crippen molar-refractivity contribution in [3.05, 3.63) is 47.7 Å². The molecule has 0 saturated heterocycles. The molecule has 0 atom stereocenters. The van der Waals surface area contributed by atoms with E-state index in [2.05, 4.69) is 5.32 Å². The number of rotatable bonds is 3. The lowest BCUT2D eigenvalue weighted by molar-refractivity contribution is 0.0962. The maximum absolute atomic E-state index is 11.3. The first-order valence-corrected chi connectivity index (χ1v) is 5.12. The number of nitrogens with one attached hydrogen (secondary N) is 1. The van der Waals surface area contributed by atoms with Crippen LogP contribution in [-0.2, 0) is 0 Å². The number of carbonyl (C=O) groups excluding carboxylic acids is 2. The Kier molecular flexibility index (Phi) is 3.05. The van der Waals surface area contributed by atoms with Crippen LogP contribution in [0.25, 0.3) is 11.3 Å². The molecule has 0 aliphatic rings. The molecule has 2 aromatic rings. The second-order valence-electron chi connectivity index (χ2n) is 3.48. The van der Waals surface area contributed by atoms with E-state index in [0.717, 1.165) is 5.56 Å². The zero-order valence-electron chi connectivity index (χ0n) is 9.27. The molecule has 1 N–H and O–H groups in total. The molecule has 1 aromatic heterocycles. The van der Waals surface area contributed by atoms with Crippen LogP contribution < -0.4 is 5.32 Å². The summed E-state index contributed by atoms with van der Waals surface area (Å²) in [5, 5.41) is 2.55. The molecule has 1 amide bonds. The lowest BCUT2D eigenvalue weighted by Gasteiger charge is -2.00. The van der Waals surface area contributed by atoms with E-state index >= 15 is 0 Å². The summed E-state index contributed by atoms with van der Waals surface area (Å²) in [5.74, 6) is 0.760. The highest BCUT2D eigenvalue weighted by Gasteiger charge is 2.06. The van der Waals surface area contributed by atoms with Crippen LogP contribution in [0, 0.1) is 0 Å². The SMILES string of the molecule is CNC(=O)c1ccc(-c2ccc(C=O)o2)cc1. The van der Waals surface area contributed by atoms with E-state index in [1.54, 1.807) is 43.4 Å². The van der Waals surface area contributed by atoms with Gasteiger partial charge >= 0.3 is 0 Å². The molecular formula is C13H11NO3. The second-order valence-corrected chi connectivity index (χ2v) is 3.48. The highest BCUT2D eigenvalue weighted by Crippen LogP contribution is 2.21. The van der Waals surface area contributed by atoms with Crippen LogP contribution in [0.2, 0.25) is 0 Å². The standard InChI is InChI=1S/C13H11NO3/c1-14-13(16)10-4-2-9(3-5-10)12-7-6-11(8-15)17-12/h2-8H,1H3,(H,14,16). The van der Waals surface area contributed by atoms with E-state index in [9.17, 15) is 9.59 Å². The maximum Gasteiger partial charge on any atom is 0.251 e. The Morgan fingerprint density at radius 1 is 1.18 bits per heavy atom. The summed E-state index contributed by atoms with van der Waals surface area (Å²) >= 11 is 0. The van der Waals surface area contributed by atoms with Crippen molar-refractivity contribution in [1.29, 1.82) is 0 Å². The van der Waals surface area contributed by atoms with Gasteiger partial charge in [0.2, 0.25) is 0 Å². The Balaban J connectivity index is 2.28. The van der Waals surface area contributed by atoms with Gasteiger partial charge in [0.15, 0.2) is 12.0 Å². The topological polar surface area (TPSA) is 59.3 Å². The van der Waals surface area contributed by atoms with Gasteiger partial charge in [0.25, 0.3) is 5.91 Å². The Bertz CT molecular complexity index is 540. The average Bonchev–Trinajstić information content (AvgIpc) is 2.87. The van der Waals surface area contributed by atoms with Gasteiger partial charge in [0.05, 0.1) is 0 Å². The molecule has 86 valence electrons. The molecule has 0 aliphatic heterocycles. The number of furan rings is 1. The number of hydrogen-bond donors (Lipinski definition) is 1. The summed E-state index contributed by atoms with van der Waals surface area (Å²) in [6.45, 7) is 0.